The van der Waals surface area contributed by atoms with Crippen LogP contribution < -0.4 is 11.4 Å². The largest absolute Gasteiger partial charge is 0.394 e. The molecular weight excluding hydrogens is 330 g/mol. The number of rotatable bonds is 4. The van der Waals surface area contributed by atoms with E-state index in [1.807, 2.05) is 30.5 Å². The van der Waals surface area contributed by atoms with Crippen molar-refractivity contribution < 1.29 is 14.9 Å². The van der Waals surface area contributed by atoms with E-state index in [0.29, 0.717) is 5.56 Å². The second kappa shape index (κ2) is 6.94. The monoisotopic (exact) mass is 349 g/mol. The Morgan fingerprint density at radius 2 is 2.12 bits per heavy atom. The fourth-order valence-electron chi connectivity index (χ4n) is 2.73. The Bertz CT molecular complexity index is 778. The predicted molar refractivity (Wildman–Crippen MR) is 91.7 cm³/mol. The molecule has 0 bridgehead atoms. The molecule has 3 rings (SSSR count). The number of nitrogens with two attached hydrogens (primary N) is 1. The zero-order chi connectivity index (χ0) is 17.3. The van der Waals surface area contributed by atoms with E-state index in [0.717, 1.165) is 10.5 Å². The van der Waals surface area contributed by atoms with Gasteiger partial charge in [0, 0.05) is 23.1 Å². The van der Waals surface area contributed by atoms with Crippen LogP contribution in [0.5, 0.6) is 0 Å². The molecule has 0 unspecified atom stereocenters. The van der Waals surface area contributed by atoms with Crippen molar-refractivity contribution in [2.75, 3.05) is 18.6 Å². The molecule has 1 saturated heterocycles. The number of aliphatic hydroxyl groups is 2. The molecule has 0 saturated carbocycles. The van der Waals surface area contributed by atoms with E-state index < -0.39 is 24.1 Å². The number of hydrogen-bond donors (Lipinski definition) is 3. The number of thioether (sulfide) groups is 1. The molecule has 1 aliphatic rings. The quantitative estimate of drug-likeness (QED) is 0.702. The Morgan fingerprint density at radius 1 is 1.42 bits per heavy atom. The van der Waals surface area contributed by atoms with Gasteiger partial charge in [0.2, 0.25) is 0 Å². The molecular formula is C16H19N3O4S. The summed E-state index contributed by atoms with van der Waals surface area (Å²) in [5.74, 6) is 0.144. The van der Waals surface area contributed by atoms with Gasteiger partial charge in [0.15, 0.2) is 0 Å². The number of nitrogen functional groups attached to an aromatic ring is 1. The summed E-state index contributed by atoms with van der Waals surface area (Å²) in [6, 6.07) is 7.75. The minimum Gasteiger partial charge on any atom is -0.394 e. The average Bonchev–Trinajstić information content (AvgIpc) is 2.96. The number of anilines is 1. The van der Waals surface area contributed by atoms with Crippen molar-refractivity contribution in [1.29, 1.82) is 0 Å². The second-order valence-electron chi connectivity index (χ2n) is 5.57. The van der Waals surface area contributed by atoms with Crippen molar-refractivity contribution in [2.24, 2.45) is 0 Å². The van der Waals surface area contributed by atoms with Crippen LogP contribution in [0.4, 0.5) is 5.82 Å². The SMILES string of the molecule is CSc1ccc(-c2cn([C@H]3C[C@H](O)[C@@H](CO)O3)c(=O)nc2N)cc1. The Morgan fingerprint density at radius 3 is 2.71 bits per heavy atom. The molecule has 2 heterocycles. The van der Waals surface area contributed by atoms with Crippen LogP contribution in [0.15, 0.2) is 40.2 Å². The first-order valence-corrected chi connectivity index (χ1v) is 8.73. The van der Waals surface area contributed by atoms with Crippen LogP contribution in [0.3, 0.4) is 0 Å². The summed E-state index contributed by atoms with van der Waals surface area (Å²) in [6.45, 7) is -0.308. The molecule has 3 atom stereocenters. The smallest absolute Gasteiger partial charge is 0.351 e. The molecule has 2 aromatic rings. The van der Waals surface area contributed by atoms with Gasteiger partial charge in [0.1, 0.15) is 18.1 Å². The molecule has 4 N–H and O–H groups in total. The predicted octanol–water partition coefficient (Wildman–Crippen LogP) is 0.855. The number of ether oxygens (including phenoxy) is 1. The Hall–Kier alpha value is -1.87. The van der Waals surface area contributed by atoms with Crippen LogP contribution in [0, 0.1) is 0 Å². The van der Waals surface area contributed by atoms with Crippen molar-refractivity contribution in [3.05, 3.63) is 40.9 Å². The van der Waals surface area contributed by atoms with E-state index in [9.17, 15) is 15.0 Å². The van der Waals surface area contributed by atoms with E-state index in [4.69, 9.17) is 10.5 Å². The summed E-state index contributed by atoms with van der Waals surface area (Å²) in [5.41, 5.74) is 6.82. The minimum absolute atomic E-state index is 0.144. The van der Waals surface area contributed by atoms with Gasteiger partial charge in [-0.2, -0.15) is 4.98 Å². The van der Waals surface area contributed by atoms with E-state index in [-0.39, 0.29) is 18.8 Å². The van der Waals surface area contributed by atoms with Crippen molar-refractivity contribution in [2.45, 2.75) is 29.8 Å². The van der Waals surface area contributed by atoms with Crippen LogP contribution in [-0.4, -0.2) is 44.8 Å². The highest BCUT2D eigenvalue weighted by molar-refractivity contribution is 7.98. The summed E-state index contributed by atoms with van der Waals surface area (Å²) in [6.07, 6.45) is 1.59. The molecule has 1 fully saturated rings. The summed E-state index contributed by atoms with van der Waals surface area (Å²) in [4.78, 5) is 17.1. The van der Waals surface area contributed by atoms with Crippen molar-refractivity contribution in [1.82, 2.24) is 9.55 Å². The molecule has 1 aliphatic heterocycles. The van der Waals surface area contributed by atoms with Crippen molar-refractivity contribution in [3.63, 3.8) is 0 Å². The number of nitrogens with zero attached hydrogens (tertiary/aromatic N) is 2. The van der Waals surface area contributed by atoms with Gasteiger partial charge in [-0.3, -0.25) is 4.57 Å². The third-order valence-electron chi connectivity index (χ3n) is 4.08. The maximum Gasteiger partial charge on any atom is 0.351 e. The second-order valence-corrected chi connectivity index (χ2v) is 6.45. The van der Waals surface area contributed by atoms with E-state index >= 15 is 0 Å². The summed E-state index contributed by atoms with van der Waals surface area (Å²) < 4.78 is 6.85. The van der Waals surface area contributed by atoms with Gasteiger partial charge in [-0.05, 0) is 24.0 Å². The normalized spacial score (nSPS) is 23.5. The summed E-state index contributed by atoms with van der Waals surface area (Å²) in [7, 11) is 0. The van der Waals surface area contributed by atoms with Gasteiger partial charge in [-0.15, -0.1) is 11.8 Å². The lowest BCUT2D eigenvalue weighted by Gasteiger charge is -2.16. The van der Waals surface area contributed by atoms with E-state index in [2.05, 4.69) is 4.98 Å². The van der Waals surface area contributed by atoms with Gasteiger partial charge in [-0.1, -0.05) is 12.1 Å². The van der Waals surface area contributed by atoms with Crippen LogP contribution in [0.2, 0.25) is 0 Å². The van der Waals surface area contributed by atoms with Crippen molar-refractivity contribution in [3.8, 4) is 11.1 Å². The third kappa shape index (κ3) is 3.18. The molecule has 8 heteroatoms. The number of hydrogen-bond acceptors (Lipinski definition) is 7. The highest BCUT2D eigenvalue weighted by atomic mass is 32.2. The molecule has 1 aromatic carbocycles. The lowest BCUT2D eigenvalue weighted by atomic mass is 10.1. The first kappa shape index (κ1) is 17.0. The lowest BCUT2D eigenvalue weighted by molar-refractivity contribution is -0.0458. The Kier molecular flexibility index (Phi) is 4.91. The van der Waals surface area contributed by atoms with Gasteiger partial charge >= 0.3 is 5.69 Å². The molecule has 0 aliphatic carbocycles. The van der Waals surface area contributed by atoms with Gasteiger partial charge in [-0.25, -0.2) is 4.79 Å². The number of benzene rings is 1. The topological polar surface area (TPSA) is 111 Å². The maximum absolute atomic E-state index is 12.2. The zero-order valence-electron chi connectivity index (χ0n) is 13.1. The van der Waals surface area contributed by atoms with Crippen LogP contribution in [0.25, 0.3) is 11.1 Å². The number of aliphatic hydroxyl groups excluding tert-OH is 2. The molecule has 0 amide bonds. The van der Waals surface area contributed by atoms with Gasteiger partial charge in [0.05, 0.1) is 12.7 Å². The standard InChI is InChI=1S/C16H19N3O4S/c1-24-10-4-2-9(3-5-10)11-7-19(16(22)18-15(11)17)14-6-12(21)13(8-20)23-14/h2-5,7,12-14,20-21H,6,8H2,1H3,(H2,17,18,22)/t12-,13+,14+/m0/s1. The summed E-state index contributed by atoms with van der Waals surface area (Å²) in [5, 5.41) is 19.0. The number of aromatic nitrogens is 2. The van der Waals surface area contributed by atoms with Gasteiger partial charge < -0.3 is 20.7 Å². The van der Waals surface area contributed by atoms with Crippen LogP contribution in [0.1, 0.15) is 12.6 Å². The van der Waals surface area contributed by atoms with Crippen molar-refractivity contribution >= 4 is 17.6 Å². The average molecular weight is 349 g/mol. The van der Waals surface area contributed by atoms with Crippen LogP contribution in [-0.2, 0) is 4.74 Å². The summed E-state index contributed by atoms with van der Waals surface area (Å²) >= 11 is 1.63. The third-order valence-corrected chi connectivity index (χ3v) is 4.82. The maximum atomic E-state index is 12.2. The highest BCUT2D eigenvalue weighted by Gasteiger charge is 2.35. The van der Waals surface area contributed by atoms with Crippen LogP contribution >= 0.6 is 11.8 Å². The fraction of sp³-hybridized carbons (Fsp3) is 0.375. The molecule has 7 nitrogen and oxygen atoms in total. The highest BCUT2D eigenvalue weighted by Crippen LogP contribution is 2.30. The first-order chi connectivity index (χ1) is 11.5. The lowest BCUT2D eigenvalue weighted by Crippen LogP contribution is -2.28. The van der Waals surface area contributed by atoms with E-state index in [1.54, 1.807) is 18.0 Å². The Labute approximate surface area is 143 Å². The fourth-order valence-corrected chi connectivity index (χ4v) is 3.14. The zero-order valence-corrected chi connectivity index (χ0v) is 13.9. The minimum atomic E-state index is -0.825. The molecule has 0 spiro atoms. The molecule has 24 heavy (non-hydrogen) atoms. The van der Waals surface area contributed by atoms with E-state index in [1.165, 1.54) is 4.57 Å². The first-order valence-electron chi connectivity index (χ1n) is 7.51. The Balaban J connectivity index is 1.98. The molecule has 0 radical (unpaired) electrons. The molecule has 128 valence electrons. The van der Waals surface area contributed by atoms with Gasteiger partial charge in [0.25, 0.3) is 0 Å². The molecule has 1 aromatic heterocycles.